The van der Waals surface area contributed by atoms with Crippen LogP contribution in [0.1, 0.15) is 18.5 Å². The zero-order chi connectivity index (χ0) is 25.9. The highest BCUT2D eigenvalue weighted by Crippen LogP contribution is 2.40. The molecule has 0 radical (unpaired) electrons. The van der Waals surface area contributed by atoms with Crippen LogP contribution in [0.2, 0.25) is 0 Å². The van der Waals surface area contributed by atoms with Crippen molar-refractivity contribution in [1.29, 1.82) is 0 Å². The molecule has 1 aliphatic heterocycles. The van der Waals surface area contributed by atoms with E-state index >= 15 is 0 Å². The predicted octanol–water partition coefficient (Wildman–Crippen LogP) is 4.29. The van der Waals surface area contributed by atoms with Crippen molar-refractivity contribution >= 4 is 17.5 Å². The minimum atomic E-state index is -0.598. The van der Waals surface area contributed by atoms with Crippen LogP contribution >= 0.6 is 0 Å². The maximum atomic E-state index is 13.6. The fourth-order valence-electron chi connectivity index (χ4n) is 4.30. The van der Waals surface area contributed by atoms with Gasteiger partial charge in [0.25, 0.3) is 5.91 Å². The van der Waals surface area contributed by atoms with Gasteiger partial charge in [0.1, 0.15) is 11.8 Å². The summed E-state index contributed by atoms with van der Waals surface area (Å²) in [5.74, 6) is 2.53. The lowest BCUT2D eigenvalue weighted by molar-refractivity contribution is -0.113. The van der Waals surface area contributed by atoms with Gasteiger partial charge in [0.05, 0.1) is 38.8 Å². The number of hydrogen-bond acceptors (Lipinski definition) is 8. The number of anilines is 2. The Morgan fingerprint density at radius 3 is 2.57 bits per heavy atom. The Balaban J connectivity index is 1.63. The van der Waals surface area contributed by atoms with Crippen LogP contribution < -0.4 is 24.8 Å². The molecule has 1 unspecified atom stereocenters. The summed E-state index contributed by atoms with van der Waals surface area (Å²) in [5.41, 5.74) is 3.27. The number of aromatic nitrogens is 4. The number of carbonyl (C=O) groups is 1. The Hall–Kier alpha value is -4.86. The minimum Gasteiger partial charge on any atom is -0.497 e. The molecule has 1 aliphatic rings. The van der Waals surface area contributed by atoms with Crippen LogP contribution in [-0.4, -0.2) is 47.0 Å². The molecule has 5 rings (SSSR count). The highest BCUT2D eigenvalue weighted by atomic mass is 16.5. The highest BCUT2D eigenvalue weighted by Gasteiger charge is 2.35. The van der Waals surface area contributed by atoms with Crippen molar-refractivity contribution in [2.75, 3.05) is 32.0 Å². The maximum absolute atomic E-state index is 13.6. The lowest BCUT2D eigenvalue weighted by Crippen LogP contribution is -2.31. The molecule has 0 fully saturated rings. The molecule has 0 spiro atoms. The molecule has 4 aromatic rings. The minimum absolute atomic E-state index is 0.290. The Morgan fingerprint density at radius 1 is 1.00 bits per heavy atom. The number of nitrogens with one attached hydrogen (secondary N) is 2. The molecule has 37 heavy (non-hydrogen) atoms. The molecule has 10 nitrogen and oxygen atoms in total. The van der Waals surface area contributed by atoms with Gasteiger partial charge >= 0.3 is 0 Å². The number of nitrogens with zero attached hydrogens (tertiary/aromatic N) is 4. The van der Waals surface area contributed by atoms with E-state index in [0.717, 1.165) is 11.1 Å². The normalized spacial score (nSPS) is 14.4. The zero-order valence-electron chi connectivity index (χ0n) is 20.9. The van der Waals surface area contributed by atoms with E-state index < -0.39 is 6.04 Å². The summed E-state index contributed by atoms with van der Waals surface area (Å²) in [7, 11) is 4.76. The molecular weight excluding hydrogens is 472 g/mol. The van der Waals surface area contributed by atoms with Gasteiger partial charge in [0, 0.05) is 17.5 Å². The Labute approximate surface area is 213 Å². The fourth-order valence-corrected chi connectivity index (χ4v) is 4.30. The summed E-state index contributed by atoms with van der Waals surface area (Å²) >= 11 is 0. The van der Waals surface area contributed by atoms with Crippen LogP contribution in [0.15, 0.2) is 78.3 Å². The Morgan fingerprint density at radius 2 is 1.84 bits per heavy atom. The summed E-state index contributed by atoms with van der Waals surface area (Å²) in [4.78, 5) is 22.5. The molecule has 1 amide bonds. The van der Waals surface area contributed by atoms with Crippen LogP contribution in [0.4, 0.5) is 11.6 Å². The number of rotatable bonds is 7. The standard InChI is InChI=1S/C27H26N6O4/c1-16-23(26(34)30-19-8-6-12-28-15-19)24(17-10-11-21(36-3)22(14-17)37-4)33-27(29-16)31-25(32-33)18-7-5-9-20(13-18)35-2/h5-15,24H,1-4H3,(H,30,34)(H,29,31,32). The summed E-state index contributed by atoms with van der Waals surface area (Å²) in [6, 6.07) is 16.0. The van der Waals surface area contributed by atoms with Crippen LogP contribution in [0.25, 0.3) is 11.4 Å². The molecule has 188 valence electrons. The molecule has 2 aromatic carbocycles. The number of fused-ring (bicyclic) bond motifs is 1. The summed E-state index contributed by atoms with van der Waals surface area (Å²) in [6.45, 7) is 1.84. The number of hydrogen-bond donors (Lipinski definition) is 2. The zero-order valence-corrected chi connectivity index (χ0v) is 20.9. The van der Waals surface area contributed by atoms with Gasteiger partial charge in [-0.05, 0) is 48.9 Å². The number of amides is 1. The van der Waals surface area contributed by atoms with Crippen molar-refractivity contribution in [3.8, 4) is 28.6 Å². The average molecular weight is 499 g/mol. The third-order valence-corrected chi connectivity index (χ3v) is 6.07. The first-order valence-corrected chi connectivity index (χ1v) is 11.5. The van der Waals surface area contributed by atoms with Gasteiger partial charge in [-0.1, -0.05) is 18.2 Å². The molecule has 2 N–H and O–H groups in total. The first-order valence-electron chi connectivity index (χ1n) is 11.5. The van der Waals surface area contributed by atoms with Crippen molar-refractivity contribution in [1.82, 2.24) is 19.7 Å². The van der Waals surface area contributed by atoms with Gasteiger partial charge < -0.3 is 24.8 Å². The summed E-state index contributed by atoms with van der Waals surface area (Å²) < 4.78 is 18.1. The topological polar surface area (TPSA) is 112 Å². The van der Waals surface area contributed by atoms with Gasteiger partial charge in [-0.15, -0.1) is 5.10 Å². The van der Waals surface area contributed by atoms with Crippen LogP contribution in [-0.2, 0) is 4.79 Å². The lowest BCUT2D eigenvalue weighted by Gasteiger charge is -2.29. The number of benzene rings is 2. The molecule has 0 aliphatic carbocycles. The fraction of sp³-hybridized carbons (Fsp3) is 0.185. The number of pyridine rings is 1. The molecule has 0 bridgehead atoms. The molecule has 1 atom stereocenters. The van der Waals surface area contributed by atoms with E-state index in [1.165, 1.54) is 0 Å². The first kappa shape index (κ1) is 23.9. The van der Waals surface area contributed by atoms with E-state index in [0.29, 0.717) is 46.0 Å². The highest BCUT2D eigenvalue weighted by molar-refractivity contribution is 6.06. The van der Waals surface area contributed by atoms with Gasteiger partial charge in [-0.2, -0.15) is 4.98 Å². The summed E-state index contributed by atoms with van der Waals surface area (Å²) in [6.07, 6.45) is 3.24. The number of ether oxygens (including phenoxy) is 3. The van der Waals surface area contributed by atoms with E-state index in [4.69, 9.17) is 24.3 Å². The summed E-state index contributed by atoms with van der Waals surface area (Å²) in [5, 5.41) is 11.0. The third-order valence-electron chi connectivity index (χ3n) is 6.07. The van der Waals surface area contributed by atoms with Crippen LogP contribution in [0.5, 0.6) is 17.2 Å². The second-order valence-corrected chi connectivity index (χ2v) is 8.31. The largest absolute Gasteiger partial charge is 0.497 e. The SMILES string of the molecule is COc1cccc(-c2nc3n(n2)C(c2ccc(OC)c(OC)c2)C(C(=O)Nc2cccnc2)=C(C)N3)c1. The maximum Gasteiger partial charge on any atom is 0.255 e. The van der Waals surface area contributed by atoms with E-state index in [9.17, 15) is 4.79 Å². The molecule has 2 aromatic heterocycles. The molecule has 10 heteroatoms. The average Bonchev–Trinajstić information content (AvgIpc) is 3.36. The molecule has 0 saturated heterocycles. The van der Waals surface area contributed by atoms with Crippen LogP contribution in [0, 0.1) is 0 Å². The second-order valence-electron chi connectivity index (χ2n) is 8.31. The Bertz CT molecular complexity index is 1480. The number of allylic oxidation sites excluding steroid dienone is 1. The first-order chi connectivity index (χ1) is 18.0. The third kappa shape index (κ3) is 4.56. The Kier molecular flexibility index (Phi) is 6.46. The molecular formula is C27H26N6O4. The number of methoxy groups -OCH3 is 3. The van der Waals surface area contributed by atoms with E-state index in [1.807, 2.05) is 49.4 Å². The van der Waals surface area contributed by atoms with Crippen LogP contribution in [0.3, 0.4) is 0 Å². The van der Waals surface area contributed by atoms with Crippen molar-refractivity contribution in [2.24, 2.45) is 0 Å². The van der Waals surface area contributed by atoms with Gasteiger partial charge in [-0.3, -0.25) is 9.78 Å². The van der Waals surface area contributed by atoms with Gasteiger partial charge in [0.2, 0.25) is 5.95 Å². The quantitative estimate of drug-likeness (QED) is 0.388. The predicted molar refractivity (Wildman–Crippen MR) is 139 cm³/mol. The second kappa shape index (κ2) is 10.0. The monoisotopic (exact) mass is 498 g/mol. The van der Waals surface area contributed by atoms with E-state index in [1.54, 1.807) is 50.5 Å². The van der Waals surface area contributed by atoms with Gasteiger partial charge in [-0.25, -0.2) is 4.68 Å². The number of carbonyl (C=O) groups excluding carboxylic acids is 1. The van der Waals surface area contributed by atoms with Crippen molar-refractivity contribution < 1.29 is 19.0 Å². The van der Waals surface area contributed by atoms with Crippen molar-refractivity contribution in [3.05, 3.63) is 83.8 Å². The molecule has 3 heterocycles. The van der Waals surface area contributed by atoms with Crippen molar-refractivity contribution in [2.45, 2.75) is 13.0 Å². The molecule has 0 saturated carbocycles. The lowest BCUT2D eigenvalue weighted by atomic mass is 9.94. The smallest absolute Gasteiger partial charge is 0.255 e. The van der Waals surface area contributed by atoms with E-state index in [2.05, 4.69) is 15.6 Å². The van der Waals surface area contributed by atoms with E-state index in [-0.39, 0.29) is 5.91 Å². The van der Waals surface area contributed by atoms with Gasteiger partial charge in [0.15, 0.2) is 17.3 Å². The van der Waals surface area contributed by atoms with Crippen molar-refractivity contribution in [3.63, 3.8) is 0 Å².